The predicted octanol–water partition coefficient (Wildman–Crippen LogP) is 4.49. The van der Waals surface area contributed by atoms with Crippen LogP contribution in [0.4, 0.5) is 11.4 Å². The van der Waals surface area contributed by atoms with Crippen LogP contribution in [0.15, 0.2) is 18.2 Å². The highest BCUT2D eigenvalue weighted by Gasteiger charge is 2.47. The van der Waals surface area contributed by atoms with Crippen LogP contribution >= 0.6 is 0 Å². The number of benzene rings is 1. The molecule has 4 heteroatoms. The number of anilines is 1. The maximum absolute atomic E-state index is 11.1. The number of hydrogen-bond donors (Lipinski definition) is 1. The first-order chi connectivity index (χ1) is 9.71. The van der Waals surface area contributed by atoms with Gasteiger partial charge in [-0.1, -0.05) is 27.7 Å². The molecule has 4 nitrogen and oxygen atoms in total. The van der Waals surface area contributed by atoms with E-state index in [1.807, 2.05) is 6.07 Å². The standard InChI is InChI=1S/C17H24N2O2/c1-16(2)8-7-12-15(10-16)18-14-6-5-11(19(20)21)9-13(14)17(12,3)4/h5-6,9,12,15,18H,7-8,10H2,1-4H3/t12-,15?/m1/s1. The first-order valence-corrected chi connectivity index (χ1v) is 7.76. The highest BCUT2D eigenvalue weighted by Crippen LogP contribution is 2.52. The van der Waals surface area contributed by atoms with E-state index in [1.165, 1.54) is 12.8 Å². The molecule has 0 spiro atoms. The van der Waals surface area contributed by atoms with Crippen LogP contribution in [0.2, 0.25) is 0 Å². The van der Waals surface area contributed by atoms with Crippen LogP contribution in [0.25, 0.3) is 0 Å². The quantitative estimate of drug-likeness (QED) is 0.611. The molecule has 1 heterocycles. The molecule has 1 aromatic rings. The third-order valence-corrected chi connectivity index (χ3v) is 5.57. The molecule has 0 amide bonds. The summed E-state index contributed by atoms with van der Waals surface area (Å²) in [6, 6.07) is 5.72. The molecule has 2 aliphatic rings. The van der Waals surface area contributed by atoms with Crippen molar-refractivity contribution in [2.24, 2.45) is 11.3 Å². The molecule has 21 heavy (non-hydrogen) atoms. The lowest BCUT2D eigenvalue weighted by Gasteiger charge is -2.52. The number of hydrogen-bond acceptors (Lipinski definition) is 3. The highest BCUT2D eigenvalue weighted by molar-refractivity contribution is 5.62. The molecule has 1 fully saturated rings. The van der Waals surface area contributed by atoms with Gasteiger partial charge >= 0.3 is 0 Å². The van der Waals surface area contributed by atoms with Crippen LogP contribution in [0.5, 0.6) is 0 Å². The molecule has 1 saturated carbocycles. The second kappa shape index (κ2) is 4.46. The molecule has 0 bridgehead atoms. The van der Waals surface area contributed by atoms with Gasteiger partial charge in [-0.25, -0.2) is 0 Å². The molecular formula is C17H24N2O2. The van der Waals surface area contributed by atoms with Gasteiger partial charge < -0.3 is 5.32 Å². The zero-order chi connectivity index (χ0) is 15.4. The van der Waals surface area contributed by atoms with E-state index < -0.39 is 0 Å². The van der Waals surface area contributed by atoms with Gasteiger partial charge in [-0.05, 0) is 47.6 Å². The summed E-state index contributed by atoms with van der Waals surface area (Å²) in [5.74, 6) is 0.542. The summed E-state index contributed by atoms with van der Waals surface area (Å²) in [6.07, 6.45) is 3.57. The van der Waals surface area contributed by atoms with Crippen LogP contribution in [0.3, 0.4) is 0 Å². The number of nitrogens with one attached hydrogen (secondary N) is 1. The van der Waals surface area contributed by atoms with Gasteiger partial charge in [-0.2, -0.15) is 0 Å². The molecule has 1 aromatic carbocycles. The van der Waals surface area contributed by atoms with Crippen LogP contribution < -0.4 is 5.32 Å². The van der Waals surface area contributed by atoms with Crippen LogP contribution in [-0.4, -0.2) is 11.0 Å². The summed E-state index contributed by atoms with van der Waals surface area (Å²) < 4.78 is 0. The number of rotatable bonds is 1. The lowest BCUT2D eigenvalue weighted by atomic mass is 9.58. The first kappa shape index (κ1) is 14.4. The lowest BCUT2D eigenvalue weighted by Crippen LogP contribution is -2.50. The Labute approximate surface area is 126 Å². The van der Waals surface area contributed by atoms with Gasteiger partial charge in [0.2, 0.25) is 0 Å². The minimum absolute atomic E-state index is 0.0201. The fraction of sp³-hybridized carbons (Fsp3) is 0.647. The van der Waals surface area contributed by atoms with Crippen molar-refractivity contribution in [2.45, 2.75) is 58.4 Å². The van der Waals surface area contributed by atoms with Crippen molar-refractivity contribution >= 4 is 11.4 Å². The number of nitrogens with zero attached hydrogens (tertiary/aromatic N) is 1. The third-order valence-electron chi connectivity index (χ3n) is 5.57. The van der Waals surface area contributed by atoms with Crippen molar-refractivity contribution in [3.05, 3.63) is 33.9 Å². The van der Waals surface area contributed by atoms with E-state index in [0.29, 0.717) is 17.4 Å². The van der Waals surface area contributed by atoms with Gasteiger partial charge in [0, 0.05) is 23.9 Å². The largest absolute Gasteiger partial charge is 0.382 e. The molecule has 0 aromatic heterocycles. The maximum atomic E-state index is 11.1. The molecule has 3 rings (SSSR count). The SMILES string of the molecule is CC1(C)CC[C@@H]2C(C1)Nc1ccc([N+](=O)[O-])cc1C2(C)C. The number of nitro groups is 1. The van der Waals surface area contributed by atoms with E-state index in [4.69, 9.17) is 0 Å². The average Bonchev–Trinajstić information content (AvgIpc) is 2.36. The van der Waals surface area contributed by atoms with Crippen molar-refractivity contribution in [2.75, 3.05) is 5.32 Å². The van der Waals surface area contributed by atoms with Crippen molar-refractivity contribution in [3.8, 4) is 0 Å². The first-order valence-electron chi connectivity index (χ1n) is 7.76. The third kappa shape index (κ3) is 2.30. The summed E-state index contributed by atoms with van der Waals surface area (Å²) in [7, 11) is 0. The van der Waals surface area contributed by atoms with Crippen molar-refractivity contribution in [1.29, 1.82) is 0 Å². The molecule has 1 aliphatic carbocycles. The van der Waals surface area contributed by atoms with Gasteiger partial charge in [-0.3, -0.25) is 10.1 Å². The predicted molar refractivity (Wildman–Crippen MR) is 84.7 cm³/mol. The minimum Gasteiger partial charge on any atom is -0.382 e. The van der Waals surface area contributed by atoms with E-state index in [1.54, 1.807) is 12.1 Å². The molecule has 0 saturated heterocycles. The van der Waals surface area contributed by atoms with E-state index >= 15 is 0 Å². The average molecular weight is 288 g/mol. The topological polar surface area (TPSA) is 55.2 Å². The fourth-order valence-electron chi connectivity index (χ4n) is 4.31. The van der Waals surface area contributed by atoms with Gasteiger partial charge in [0.25, 0.3) is 5.69 Å². The van der Waals surface area contributed by atoms with Crippen LogP contribution in [0.1, 0.15) is 52.5 Å². The van der Waals surface area contributed by atoms with Crippen LogP contribution in [0, 0.1) is 21.4 Å². The fourth-order valence-corrected chi connectivity index (χ4v) is 4.31. The molecule has 2 atom stereocenters. The van der Waals surface area contributed by atoms with E-state index in [2.05, 4.69) is 33.0 Å². The summed E-state index contributed by atoms with van der Waals surface area (Å²) in [5, 5.41) is 14.7. The van der Waals surface area contributed by atoms with Crippen LogP contribution in [-0.2, 0) is 5.41 Å². The molecule has 114 valence electrons. The molecule has 1 aliphatic heterocycles. The Morgan fingerprint density at radius 1 is 1.29 bits per heavy atom. The van der Waals surface area contributed by atoms with E-state index in [9.17, 15) is 10.1 Å². The second-order valence-corrected chi connectivity index (χ2v) is 7.97. The Hall–Kier alpha value is -1.58. The van der Waals surface area contributed by atoms with Gasteiger partial charge in [-0.15, -0.1) is 0 Å². The minimum atomic E-state index is -0.299. The van der Waals surface area contributed by atoms with E-state index in [-0.39, 0.29) is 16.0 Å². The Morgan fingerprint density at radius 3 is 2.67 bits per heavy atom. The Balaban J connectivity index is 2.04. The lowest BCUT2D eigenvalue weighted by molar-refractivity contribution is -0.385. The number of nitro benzene ring substituents is 1. The summed E-state index contributed by atoms with van der Waals surface area (Å²) in [6.45, 7) is 9.16. The molecular weight excluding hydrogens is 264 g/mol. The summed E-state index contributed by atoms with van der Waals surface area (Å²) in [4.78, 5) is 10.8. The highest BCUT2D eigenvalue weighted by atomic mass is 16.6. The van der Waals surface area contributed by atoms with Gasteiger partial charge in [0.1, 0.15) is 0 Å². The van der Waals surface area contributed by atoms with Crippen molar-refractivity contribution in [1.82, 2.24) is 0 Å². The van der Waals surface area contributed by atoms with Crippen molar-refractivity contribution < 1.29 is 4.92 Å². The van der Waals surface area contributed by atoms with Gasteiger partial charge in [0.15, 0.2) is 0 Å². The Bertz CT molecular complexity index is 592. The zero-order valence-electron chi connectivity index (χ0n) is 13.3. The van der Waals surface area contributed by atoms with Gasteiger partial charge in [0.05, 0.1) is 4.92 Å². The Morgan fingerprint density at radius 2 is 2.00 bits per heavy atom. The monoisotopic (exact) mass is 288 g/mol. The second-order valence-electron chi connectivity index (χ2n) is 7.97. The summed E-state index contributed by atoms with van der Waals surface area (Å²) in [5.41, 5.74) is 2.72. The molecule has 1 unspecified atom stereocenters. The number of fused-ring (bicyclic) bond motifs is 2. The van der Waals surface area contributed by atoms with Crippen molar-refractivity contribution in [3.63, 3.8) is 0 Å². The Kier molecular flexibility index (Phi) is 3.05. The summed E-state index contributed by atoms with van der Waals surface area (Å²) >= 11 is 0. The normalized spacial score (nSPS) is 29.0. The molecule has 1 N–H and O–H groups in total. The van der Waals surface area contributed by atoms with E-state index in [0.717, 1.165) is 17.7 Å². The smallest absolute Gasteiger partial charge is 0.269 e. The number of non-ortho nitro benzene ring substituents is 1. The zero-order valence-corrected chi connectivity index (χ0v) is 13.3. The maximum Gasteiger partial charge on any atom is 0.269 e. The molecule has 0 radical (unpaired) electrons.